The van der Waals surface area contributed by atoms with Crippen LogP contribution in [0.5, 0.6) is 0 Å². The summed E-state index contributed by atoms with van der Waals surface area (Å²) in [5, 5.41) is 13.3. The molecule has 2 unspecified atom stereocenters. The summed E-state index contributed by atoms with van der Waals surface area (Å²) in [5.74, 6) is 0.816. The molecule has 1 aliphatic heterocycles. The Balaban J connectivity index is 2.39. The van der Waals surface area contributed by atoms with Crippen LogP contribution in [0.3, 0.4) is 0 Å². The van der Waals surface area contributed by atoms with E-state index < -0.39 is 17.6 Å². The molecule has 7 heteroatoms. The second-order valence-electron chi connectivity index (χ2n) is 7.64. The third-order valence-corrected chi connectivity index (χ3v) is 6.01. The summed E-state index contributed by atoms with van der Waals surface area (Å²) in [4.78, 5) is 6.88. The molecular weight excluding hydrogens is 324 g/mol. The van der Waals surface area contributed by atoms with Crippen LogP contribution in [0.25, 0.3) is 0 Å². The van der Waals surface area contributed by atoms with Crippen molar-refractivity contribution in [3.8, 4) is 0 Å². The molecular formula is C17H30N4O2S. The Morgan fingerprint density at radius 2 is 2.04 bits per heavy atom. The van der Waals surface area contributed by atoms with E-state index in [1.165, 1.54) is 0 Å². The highest BCUT2D eigenvalue weighted by atomic mass is 32.2. The van der Waals surface area contributed by atoms with Crippen LogP contribution in [0, 0.1) is 0 Å². The molecule has 2 rings (SSSR count). The monoisotopic (exact) mass is 354 g/mol. The highest BCUT2D eigenvalue weighted by Gasteiger charge is 2.32. The number of fused-ring (bicyclic) bond motifs is 1. The molecule has 0 amide bonds. The van der Waals surface area contributed by atoms with Gasteiger partial charge in [0.25, 0.3) is 0 Å². The minimum absolute atomic E-state index is 0.175. The van der Waals surface area contributed by atoms with Crippen molar-refractivity contribution >= 4 is 17.2 Å². The maximum Gasteiger partial charge on any atom is 0.136 e. The summed E-state index contributed by atoms with van der Waals surface area (Å²) in [6.07, 6.45) is -0.679. The van der Waals surface area contributed by atoms with Gasteiger partial charge in [-0.05, 0) is 53.2 Å². The van der Waals surface area contributed by atoms with Gasteiger partial charge in [-0.1, -0.05) is 0 Å². The highest BCUT2D eigenvalue weighted by molar-refractivity contribution is 7.90. The Hall–Kier alpha value is -0.860. The molecule has 0 bridgehead atoms. The standard InChI is InChI=1S/C17H30N4O2S/c1-10(2)21(7)14-8-12-13(9-18-16(12)22)15(19-14)11(3)20-24(23)17(4,5)6/h8,10-11,16,18,20,22H,9H2,1-7H3/t11-,16?,24?/m1/s1. The summed E-state index contributed by atoms with van der Waals surface area (Å²) in [6, 6.07) is 2.06. The topological polar surface area (TPSA) is 83.5 Å². The highest BCUT2D eigenvalue weighted by Crippen LogP contribution is 2.33. The zero-order valence-electron chi connectivity index (χ0n) is 15.7. The Morgan fingerprint density at radius 3 is 2.58 bits per heavy atom. The number of nitrogens with zero attached hydrogens (tertiary/aromatic N) is 2. The Bertz CT molecular complexity index is 589. The molecule has 0 radical (unpaired) electrons. The molecule has 136 valence electrons. The average molecular weight is 355 g/mol. The first-order valence-electron chi connectivity index (χ1n) is 8.38. The number of aromatic nitrogens is 1. The van der Waals surface area contributed by atoms with E-state index in [1.807, 2.05) is 40.8 Å². The molecule has 2 heterocycles. The van der Waals surface area contributed by atoms with Crippen molar-refractivity contribution in [1.29, 1.82) is 0 Å². The maximum absolute atomic E-state index is 12.4. The van der Waals surface area contributed by atoms with Gasteiger partial charge in [-0.2, -0.15) is 0 Å². The summed E-state index contributed by atoms with van der Waals surface area (Å²) in [6.45, 7) is 12.5. The fourth-order valence-corrected chi connectivity index (χ4v) is 3.33. The second kappa shape index (κ2) is 7.17. The molecule has 1 aromatic heterocycles. The molecule has 0 saturated heterocycles. The lowest BCUT2D eigenvalue weighted by atomic mass is 10.0. The van der Waals surface area contributed by atoms with Gasteiger partial charge in [-0.25, -0.2) is 4.98 Å². The zero-order chi connectivity index (χ0) is 18.2. The van der Waals surface area contributed by atoms with Crippen molar-refractivity contribution in [3.63, 3.8) is 0 Å². The van der Waals surface area contributed by atoms with E-state index in [0.717, 1.165) is 22.6 Å². The van der Waals surface area contributed by atoms with Gasteiger partial charge in [0.15, 0.2) is 0 Å². The number of hydrogen-bond donors (Lipinski definition) is 3. The summed E-state index contributed by atoms with van der Waals surface area (Å²) < 4.78 is 15.2. The molecule has 0 aliphatic carbocycles. The third kappa shape index (κ3) is 4.03. The van der Waals surface area contributed by atoms with Crippen molar-refractivity contribution < 1.29 is 9.66 Å². The van der Waals surface area contributed by atoms with Crippen LogP contribution in [0.2, 0.25) is 0 Å². The van der Waals surface area contributed by atoms with Crippen molar-refractivity contribution in [2.75, 3.05) is 11.9 Å². The fraction of sp³-hybridized carbons (Fsp3) is 0.706. The van der Waals surface area contributed by atoms with E-state index in [4.69, 9.17) is 4.98 Å². The first-order valence-corrected chi connectivity index (χ1v) is 9.53. The molecule has 3 atom stereocenters. The predicted octanol–water partition coefficient (Wildman–Crippen LogP) is 2.13. The van der Waals surface area contributed by atoms with E-state index in [1.54, 1.807) is 0 Å². The minimum atomic E-state index is -1.19. The van der Waals surface area contributed by atoms with Gasteiger partial charge < -0.3 is 14.6 Å². The van der Waals surface area contributed by atoms with E-state index in [2.05, 4.69) is 28.8 Å². The van der Waals surface area contributed by atoms with Gasteiger partial charge in [0.05, 0.1) is 11.7 Å². The second-order valence-corrected chi connectivity index (χ2v) is 9.64. The van der Waals surface area contributed by atoms with Gasteiger partial charge in [0.2, 0.25) is 0 Å². The number of hydrogen-bond acceptors (Lipinski definition) is 6. The van der Waals surface area contributed by atoms with Gasteiger partial charge in [-0.15, -0.1) is 4.72 Å². The molecule has 0 spiro atoms. The van der Waals surface area contributed by atoms with E-state index in [9.17, 15) is 9.66 Å². The van der Waals surface area contributed by atoms with Crippen LogP contribution in [-0.2, 0) is 17.9 Å². The molecule has 0 aromatic carbocycles. The van der Waals surface area contributed by atoms with Crippen molar-refractivity contribution in [2.45, 2.75) is 71.1 Å². The van der Waals surface area contributed by atoms with Crippen LogP contribution in [-0.4, -0.2) is 32.5 Å². The molecule has 0 saturated carbocycles. The number of nitrogens with one attached hydrogen (secondary N) is 2. The maximum atomic E-state index is 12.4. The van der Waals surface area contributed by atoms with Crippen molar-refractivity contribution in [2.24, 2.45) is 0 Å². The van der Waals surface area contributed by atoms with Crippen LogP contribution >= 0.6 is 0 Å². The molecule has 3 N–H and O–H groups in total. The third-order valence-electron chi connectivity index (χ3n) is 4.33. The van der Waals surface area contributed by atoms with Gasteiger partial charge in [0, 0.05) is 36.6 Å². The first-order chi connectivity index (χ1) is 11.0. The van der Waals surface area contributed by atoms with Crippen molar-refractivity contribution in [1.82, 2.24) is 15.0 Å². The number of anilines is 1. The summed E-state index contributed by atoms with van der Waals surface area (Å²) in [5.41, 5.74) is 2.70. The van der Waals surface area contributed by atoms with Gasteiger partial charge in [-0.3, -0.25) is 5.32 Å². The van der Waals surface area contributed by atoms with Crippen LogP contribution in [0.4, 0.5) is 5.82 Å². The zero-order valence-corrected chi connectivity index (χ0v) is 16.5. The fourth-order valence-electron chi connectivity index (χ4n) is 2.54. The summed E-state index contributed by atoms with van der Waals surface area (Å²) in [7, 11) is 1.99. The molecule has 1 aliphatic rings. The SMILES string of the molecule is CC(C)N(C)c1cc2c(c([C@@H](C)N[S+]([O-])C(C)(C)C)n1)CNC2O. The molecule has 1 aromatic rings. The number of pyridine rings is 1. The number of aliphatic hydroxyl groups excluding tert-OH is 1. The number of aliphatic hydroxyl groups is 1. The van der Waals surface area contributed by atoms with E-state index in [-0.39, 0.29) is 10.8 Å². The van der Waals surface area contributed by atoms with Crippen LogP contribution < -0.4 is 14.9 Å². The van der Waals surface area contributed by atoms with Crippen LogP contribution in [0.1, 0.15) is 70.6 Å². The first kappa shape index (κ1) is 19.5. The normalized spacial score (nSPS) is 20.2. The Morgan fingerprint density at radius 1 is 1.42 bits per heavy atom. The molecule has 6 nitrogen and oxygen atoms in total. The van der Waals surface area contributed by atoms with Crippen LogP contribution in [0.15, 0.2) is 6.07 Å². The quantitative estimate of drug-likeness (QED) is 0.703. The lowest BCUT2D eigenvalue weighted by Crippen LogP contribution is -2.41. The van der Waals surface area contributed by atoms with Crippen molar-refractivity contribution in [3.05, 3.63) is 22.9 Å². The van der Waals surface area contributed by atoms with Gasteiger partial charge >= 0.3 is 0 Å². The van der Waals surface area contributed by atoms with Gasteiger partial charge in [0.1, 0.15) is 16.8 Å². The Labute approximate surface area is 148 Å². The lowest BCUT2D eigenvalue weighted by molar-refractivity contribution is 0.151. The smallest absolute Gasteiger partial charge is 0.136 e. The molecule has 24 heavy (non-hydrogen) atoms. The summed E-state index contributed by atoms with van der Waals surface area (Å²) >= 11 is -1.19. The average Bonchev–Trinajstić information content (AvgIpc) is 2.85. The van der Waals surface area contributed by atoms with E-state index >= 15 is 0 Å². The minimum Gasteiger partial charge on any atom is -0.598 e. The lowest BCUT2D eigenvalue weighted by Gasteiger charge is -2.28. The van der Waals surface area contributed by atoms with E-state index in [0.29, 0.717) is 12.6 Å². The Kier molecular flexibility index (Phi) is 5.82. The predicted molar refractivity (Wildman–Crippen MR) is 99.0 cm³/mol. The number of rotatable bonds is 5. The molecule has 0 fully saturated rings. The largest absolute Gasteiger partial charge is 0.598 e.